The topological polar surface area (TPSA) is 69.1 Å². The number of nitrogens with zero attached hydrogens (tertiary/aromatic N) is 4. The Morgan fingerprint density at radius 2 is 1.79 bits per heavy atom. The van der Waals surface area contributed by atoms with E-state index >= 15 is 0 Å². The van der Waals surface area contributed by atoms with Crippen LogP contribution in [0.3, 0.4) is 0 Å². The first-order chi connectivity index (χ1) is 20.7. The molecule has 0 bridgehead atoms. The van der Waals surface area contributed by atoms with Gasteiger partial charge in [0.25, 0.3) is 0 Å². The molecule has 1 N–H and O–H groups in total. The Kier molecular flexibility index (Phi) is 8.38. The lowest BCUT2D eigenvalue weighted by atomic mass is 9.71. The predicted octanol–water partition coefficient (Wildman–Crippen LogP) is 7.53. The first kappa shape index (κ1) is 29.5. The van der Waals surface area contributed by atoms with E-state index in [1.54, 1.807) is 17.8 Å². The maximum atomic E-state index is 12.3. The summed E-state index contributed by atoms with van der Waals surface area (Å²) >= 11 is 6.23. The number of anilines is 3. The van der Waals surface area contributed by atoms with Gasteiger partial charge in [-0.1, -0.05) is 37.6 Å². The normalized spacial score (nSPS) is 19.8. The van der Waals surface area contributed by atoms with Crippen LogP contribution in [-0.2, 0) is 0 Å². The Morgan fingerprint density at radius 3 is 2.53 bits per heavy atom. The Labute approximate surface area is 259 Å². The second-order valence-corrected chi connectivity index (χ2v) is 13.2. The number of hydrogen-bond donors (Lipinski definition) is 1. The second-order valence-electron chi connectivity index (χ2n) is 12.7. The smallest absolute Gasteiger partial charge is 0.337 e. The van der Waals surface area contributed by atoms with Gasteiger partial charge in [0, 0.05) is 55.7 Å². The van der Waals surface area contributed by atoms with Crippen LogP contribution in [0.15, 0.2) is 66.4 Å². The zero-order chi connectivity index (χ0) is 30.1. The lowest BCUT2D eigenvalue weighted by Gasteiger charge is -2.43. The number of hydrogen-bond acceptors (Lipinski definition) is 6. The minimum Gasteiger partial charge on any atom is -0.478 e. The molecule has 1 unspecified atom stereocenters. The Bertz CT molecular complexity index is 1510. The number of benzene rings is 2. The lowest BCUT2D eigenvalue weighted by Crippen LogP contribution is -2.50. The molecule has 0 saturated carbocycles. The molecule has 0 amide bonds. The van der Waals surface area contributed by atoms with Gasteiger partial charge in [-0.05, 0) is 97.2 Å². The molecule has 0 spiro atoms. The Hall–Kier alpha value is -3.55. The van der Waals surface area contributed by atoms with E-state index in [0.29, 0.717) is 30.8 Å². The van der Waals surface area contributed by atoms with Gasteiger partial charge < -0.3 is 19.6 Å². The highest BCUT2D eigenvalue weighted by atomic mass is 35.5. The van der Waals surface area contributed by atoms with Gasteiger partial charge in [-0.15, -0.1) is 0 Å². The number of carboxylic acids is 1. The van der Waals surface area contributed by atoms with Gasteiger partial charge in [-0.2, -0.15) is 0 Å². The molecular weight excluding hydrogens is 560 g/mol. The van der Waals surface area contributed by atoms with Gasteiger partial charge in [-0.3, -0.25) is 4.90 Å². The molecule has 1 atom stereocenters. The fraction of sp³-hybridized carbons (Fsp3) is 0.429. The van der Waals surface area contributed by atoms with Crippen LogP contribution in [0.1, 0.15) is 62.4 Å². The molecule has 6 rings (SSSR count). The molecule has 3 aliphatic rings. The number of piperazine rings is 1. The van der Waals surface area contributed by atoms with Gasteiger partial charge in [0.05, 0.1) is 17.9 Å². The first-order valence-electron chi connectivity index (χ1n) is 15.4. The van der Waals surface area contributed by atoms with Gasteiger partial charge in [0.15, 0.2) is 0 Å². The van der Waals surface area contributed by atoms with Crippen molar-refractivity contribution in [2.45, 2.75) is 52.5 Å². The summed E-state index contributed by atoms with van der Waals surface area (Å²) in [6.07, 6.45) is 5.87. The number of halogens is 1. The third-order valence-electron chi connectivity index (χ3n) is 9.35. The van der Waals surface area contributed by atoms with Crippen LogP contribution in [0.25, 0.3) is 5.57 Å². The number of pyridine rings is 1. The van der Waals surface area contributed by atoms with Crippen LogP contribution in [0, 0.1) is 5.41 Å². The molecule has 226 valence electrons. The van der Waals surface area contributed by atoms with Crippen molar-refractivity contribution in [3.8, 4) is 5.88 Å². The van der Waals surface area contributed by atoms with Gasteiger partial charge in [-0.25, -0.2) is 9.78 Å². The van der Waals surface area contributed by atoms with Crippen molar-refractivity contribution >= 4 is 40.2 Å². The van der Waals surface area contributed by atoms with E-state index in [4.69, 9.17) is 16.3 Å². The summed E-state index contributed by atoms with van der Waals surface area (Å²) in [4.78, 5) is 23.8. The summed E-state index contributed by atoms with van der Waals surface area (Å²) in [6.45, 7) is 12.0. The fourth-order valence-corrected chi connectivity index (χ4v) is 7.00. The summed E-state index contributed by atoms with van der Waals surface area (Å²) in [5.41, 5.74) is 7.43. The highest BCUT2D eigenvalue weighted by Gasteiger charge is 2.33. The summed E-state index contributed by atoms with van der Waals surface area (Å²) in [5.74, 6) is -0.390. The minimum absolute atomic E-state index is 0.285. The van der Waals surface area contributed by atoms with Crippen molar-refractivity contribution in [3.63, 3.8) is 0 Å². The van der Waals surface area contributed by atoms with Gasteiger partial charge >= 0.3 is 5.97 Å². The zero-order valence-corrected chi connectivity index (χ0v) is 26.1. The Balaban J connectivity index is 1.23. The minimum atomic E-state index is -0.934. The molecule has 43 heavy (non-hydrogen) atoms. The number of ether oxygens (including phenoxy) is 1. The highest BCUT2D eigenvalue weighted by Crippen LogP contribution is 2.45. The average molecular weight is 601 g/mol. The zero-order valence-electron chi connectivity index (χ0n) is 25.4. The third-order valence-corrected chi connectivity index (χ3v) is 9.60. The summed E-state index contributed by atoms with van der Waals surface area (Å²) in [7, 11) is 0. The molecule has 1 fully saturated rings. The number of fused-ring (bicyclic) bond motifs is 1. The number of carboxylic acid groups (broad SMARTS) is 1. The molecule has 3 heterocycles. The number of aromatic nitrogens is 1. The fourth-order valence-electron chi connectivity index (χ4n) is 6.87. The lowest BCUT2D eigenvalue weighted by molar-refractivity contribution is 0.0697. The molecule has 1 aliphatic carbocycles. The van der Waals surface area contributed by atoms with E-state index in [1.165, 1.54) is 17.6 Å². The van der Waals surface area contributed by atoms with Gasteiger partial charge in [0.2, 0.25) is 5.88 Å². The van der Waals surface area contributed by atoms with Crippen LogP contribution in [-0.4, -0.2) is 66.3 Å². The van der Waals surface area contributed by atoms with E-state index in [2.05, 4.69) is 52.6 Å². The Morgan fingerprint density at radius 1 is 1.02 bits per heavy atom. The van der Waals surface area contributed by atoms with Crippen molar-refractivity contribution < 1.29 is 14.6 Å². The largest absolute Gasteiger partial charge is 0.478 e. The first-order valence-corrected chi connectivity index (χ1v) is 15.8. The maximum absolute atomic E-state index is 12.3. The van der Waals surface area contributed by atoms with E-state index in [1.807, 2.05) is 36.4 Å². The van der Waals surface area contributed by atoms with Crippen LogP contribution in [0.4, 0.5) is 17.1 Å². The van der Waals surface area contributed by atoms with E-state index < -0.39 is 5.97 Å². The van der Waals surface area contributed by atoms with Crippen LogP contribution >= 0.6 is 11.6 Å². The molecular formula is C35H41ClN4O3. The van der Waals surface area contributed by atoms with Crippen molar-refractivity contribution in [1.82, 2.24) is 9.88 Å². The molecule has 0 radical (unpaired) electrons. The van der Waals surface area contributed by atoms with Crippen LogP contribution < -0.4 is 14.5 Å². The molecule has 7 nitrogen and oxygen atoms in total. The standard InChI is InChI=1S/C35H41ClN4O3/c1-24(28-13-14-35(2,3)23-30(28)25-7-9-26(36)10-8-25)38-17-19-39(20-18-38)27-11-12-29(34(41)42)32(22-27)40-16-5-21-43-33-31(40)6-4-15-37-33/h4,6-12,15,22,24H,5,13-14,16-21,23H2,1-3H3,(H,41,42). The number of carbonyl (C=O) groups is 1. The van der Waals surface area contributed by atoms with Crippen molar-refractivity contribution in [3.05, 3.63) is 82.5 Å². The average Bonchev–Trinajstić information content (AvgIpc) is 3.23. The number of aromatic carboxylic acids is 1. The maximum Gasteiger partial charge on any atom is 0.337 e. The SMILES string of the molecule is CC(C1=C(c2ccc(Cl)cc2)CC(C)(C)CC1)N1CCN(c2ccc(C(=O)O)c(N3CCCOc4ncccc43)c2)CC1. The van der Waals surface area contributed by atoms with E-state index in [9.17, 15) is 9.90 Å². The molecule has 1 saturated heterocycles. The second kappa shape index (κ2) is 12.2. The summed E-state index contributed by atoms with van der Waals surface area (Å²) in [6, 6.07) is 18.3. The van der Waals surface area contributed by atoms with Gasteiger partial charge in [0.1, 0.15) is 5.69 Å². The van der Waals surface area contributed by atoms with E-state index in [-0.39, 0.29) is 11.0 Å². The van der Waals surface area contributed by atoms with E-state index in [0.717, 1.165) is 61.8 Å². The molecule has 2 aromatic carbocycles. The van der Waals surface area contributed by atoms with Crippen LogP contribution in [0.5, 0.6) is 5.88 Å². The van der Waals surface area contributed by atoms with Crippen molar-refractivity contribution in [2.75, 3.05) is 49.1 Å². The molecule has 3 aromatic rings. The monoisotopic (exact) mass is 600 g/mol. The van der Waals surface area contributed by atoms with Crippen molar-refractivity contribution in [2.24, 2.45) is 5.41 Å². The third kappa shape index (κ3) is 6.24. The molecule has 2 aliphatic heterocycles. The van der Waals surface area contributed by atoms with Crippen molar-refractivity contribution in [1.29, 1.82) is 0 Å². The van der Waals surface area contributed by atoms with Crippen LogP contribution in [0.2, 0.25) is 5.02 Å². The highest BCUT2D eigenvalue weighted by molar-refractivity contribution is 6.30. The number of allylic oxidation sites excluding steroid dienone is 1. The molecule has 8 heteroatoms. The predicted molar refractivity (Wildman–Crippen MR) is 174 cm³/mol. The summed E-state index contributed by atoms with van der Waals surface area (Å²) in [5, 5.41) is 10.9. The number of rotatable bonds is 6. The summed E-state index contributed by atoms with van der Waals surface area (Å²) < 4.78 is 5.86. The quantitative estimate of drug-likeness (QED) is 0.314. The molecule has 1 aromatic heterocycles.